The van der Waals surface area contributed by atoms with Gasteiger partial charge in [0.05, 0.1) is 11.9 Å². The van der Waals surface area contributed by atoms with Crippen molar-refractivity contribution in [1.82, 2.24) is 4.72 Å². The highest BCUT2D eigenvalue weighted by Gasteiger charge is 2.24. The standard InChI is InChI=1S/C13H16ClNO4S/c14-11-6-4-10(5-7-11)13(16)15-20(17,18)9-12-3-1-2-8-19-12/h4-7,12H,1-3,8-9H2,(H,15,16). The molecule has 1 unspecified atom stereocenters. The molecule has 0 radical (unpaired) electrons. The molecule has 110 valence electrons. The van der Waals surface area contributed by atoms with E-state index in [0.29, 0.717) is 18.1 Å². The summed E-state index contributed by atoms with van der Waals surface area (Å²) < 4.78 is 31.2. The fourth-order valence-corrected chi connectivity index (χ4v) is 3.39. The first-order chi connectivity index (χ1) is 9.46. The summed E-state index contributed by atoms with van der Waals surface area (Å²) in [4.78, 5) is 11.8. The maximum atomic E-state index is 11.9. The number of amides is 1. The van der Waals surface area contributed by atoms with Crippen molar-refractivity contribution in [2.45, 2.75) is 25.4 Å². The van der Waals surface area contributed by atoms with Crippen molar-refractivity contribution in [3.8, 4) is 0 Å². The highest BCUT2D eigenvalue weighted by atomic mass is 35.5. The molecule has 2 rings (SSSR count). The second-order valence-electron chi connectivity index (χ2n) is 4.71. The molecule has 1 aliphatic heterocycles. The summed E-state index contributed by atoms with van der Waals surface area (Å²) in [6.07, 6.45) is 2.27. The monoisotopic (exact) mass is 317 g/mol. The Balaban J connectivity index is 1.96. The number of carbonyl (C=O) groups is 1. The molecule has 0 aromatic heterocycles. The van der Waals surface area contributed by atoms with Gasteiger partial charge in [0.2, 0.25) is 10.0 Å². The molecule has 1 fully saturated rings. The van der Waals surface area contributed by atoms with Crippen molar-refractivity contribution in [2.75, 3.05) is 12.4 Å². The van der Waals surface area contributed by atoms with E-state index < -0.39 is 15.9 Å². The van der Waals surface area contributed by atoms with E-state index in [1.807, 2.05) is 4.72 Å². The van der Waals surface area contributed by atoms with Crippen LogP contribution < -0.4 is 4.72 Å². The van der Waals surface area contributed by atoms with Gasteiger partial charge >= 0.3 is 0 Å². The number of carbonyl (C=O) groups excluding carboxylic acids is 1. The van der Waals surface area contributed by atoms with E-state index in [2.05, 4.69) is 0 Å². The Morgan fingerprint density at radius 1 is 1.30 bits per heavy atom. The lowest BCUT2D eigenvalue weighted by Gasteiger charge is -2.22. The van der Waals surface area contributed by atoms with E-state index in [-0.39, 0.29) is 17.4 Å². The second kappa shape index (κ2) is 6.56. The van der Waals surface area contributed by atoms with Gasteiger partial charge in [0.15, 0.2) is 0 Å². The minimum absolute atomic E-state index is 0.188. The van der Waals surface area contributed by atoms with E-state index in [9.17, 15) is 13.2 Å². The molecule has 1 N–H and O–H groups in total. The van der Waals surface area contributed by atoms with Crippen molar-refractivity contribution in [2.24, 2.45) is 0 Å². The molecule has 1 aromatic carbocycles. The summed E-state index contributed by atoms with van der Waals surface area (Å²) in [6.45, 7) is 0.575. The van der Waals surface area contributed by atoms with Crippen LogP contribution in [0.25, 0.3) is 0 Å². The molecule has 0 bridgehead atoms. The van der Waals surface area contributed by atoms with E-state index in [0.717, 1.165) is 12.8 Å². The average Bonchev–Trinajstić information content (AvgIpc) is 2.39. The molecule has 0 spiro atoms. The zero-order valence-electron chi connectivity index (χ0n) is 10.8. The quantitative estimate of drug-likeness (QED) is 0.921. The number of nitrogens with one attached hydrogen (secondary N) is 1. The molecule has 0 saturated carbocycles. The van der Waals surface area contributed by atoms with Crippen LogP contribution in [0.5, 0.6) is 0 Å². The Bertz CT molecular complexity index is 565. The predicted molar refractivity (Wildman–Crippen MR) is 76.3 cm³/mol. The van der Waals surface area contributed by atoms with Crippen LogP contribution in [0.3, 0.4) is 0 Å². The number of rotatable bonds is 4. The lowest BCUT2D eigenvalue weighted by atomic mass is 10.1. The molecule has 0 aliphatic carbocycles. The van der Waals surface area contributed by atoms with Gasteiger partial charge in [0.1, 0.15) is 0 Å². The van der Waals surface area contributed by atoms with Crippen LogP contribution >= 0.6 is 11.6 Å². The Kier molecular flexibility index (Phi) is 5.01. The van der Waals surface area contributed by atoms with Gasteiger partial charge in [-0.15, -0.1) is 0 Å². The third-order valence-electron chi connectivity index (χ3n) is 3.03. The van der Waals surface area contributed by atoms with Crippen LogP contribution in [0, 0.1) is 0 Å². The third kappa shape index (κ3) is 4.47. The van der Waals surface area contributed by atoms with Crippen molar-refractivity contribution >= 4 is 27.5 Å². The summed E-state index contributed by atoms with van der Waals surface area (Å²) in [7, 11) is -3.70. The van der Waals surface area contributed by atoms with Gasteiger partial charge in [-0.05, 0) is 43.5 Å². The SMILES string of the molecule is O=C(NS(=O)(=O)CC1CCCCO1)c1ccc(Cl)cc1. The van der Waals surface area contributed by atoms with Gasteiger partial charge in [-0.25, -0.2) is 13.1 Å². The molecule has 1 aromatic rings. The fourth-order valence-electron chi connectivity index (χ4n) is 2.03. The first-order valence-electron chi connectivity index (χ1n) is 6.38. The van der Waals surface area contributed by atoms with Crippen molar-refractivity contribution < 1.29 is 17.9 Å². The summed E-state index contributed by atoms with van der Waals surface area (Å²) >= 11 is 5.71. The first kappa shape index (κ1) is 15.3. The number of sulfonamides is 1. The van der Waals surface area contributed by atoms with Crippen LogP contribution in [-0.2, 0) is 14.8 Å². The molecule has 1 atom stereocenters. The van der Waals surface area contributed by atoms with Gasteiger partial charge in [0, 0.05) is 17.2 Å². The Morgan fingerprint density at radius 3 is 2.60 bits per heavy atom. The maximum Gasteiger partial charge on any atom is 0.264 e. The van der Waals surface area contributed by atoms with Crippen molar-refractivity contribution in [3.05, 3.63) is 34.9 Å². The molecule has 1 aliphatic rings. The molecule has 1 amide bonds. The Hall–Kier alpha value is -1.11. The highest BCUT2D eigenvalue weighted by Crippen LogP contribution is 2.14. The number of hydrogen-bond acceptors (Lipinski definition) is 4. The van der Waals surface area contributed by atoms with Gasteiger partial charge in [0.25, 0.3) is 5.91 Å². The van der Waals surface area contributed by atoms with Crippen LogP contribution in [-0.4, -0.2) is 32.8 Å². The number of benzene rings is 1. The molecule has 1 heterocycles. The molecule has 1 saturated heterocycles. The van der Waals surface area contributed by atoms with Gasteiger partial charge in [-0.3, -0.25) is 4.79 Å². The summed E-state index contributed by atoms with van der Waals surface area (Å²) in [5.41, 5.74) is 0.252. The number of ether oxygens (including phenoxy) is 1. The normalized spacial score (nSPS) is 19.6. The van der Waals surface area contributed by atoms with Crippen LogP contribution in [0.2, 0.25) is 5.02 Å². The number of halogens is 1. The minimum Gasteiger partial charge on any atom is -0.377 e. The zero-order chi connectivity index (χ0) is 14.6. The maximum absolute atomic E-state index is 11.9. The first-order valence-corrected chi connectivity index (χ1v) is 8.41. The predicted octanol–water partition coefficient (Wildman–Crippen LogP) is 1.97. The van der Waals surface area contributed by atoms with E-state index in [1.165, 1.54) is 24.3 Å². The Labute approximate surface area is 123 Å². The lowest BCUT2D eigenvalue weighted by Crippen LogP contribution is -2.38. The van der Waals surface area contributed by atoms with Crippen LogP contribution in [0.4, 0.5) is 0 Å². The van der Waals surface area contributed by atoms with Gasteiger partial charge in [-0.2, -0.15) is 0 Å². The average molecular weight is 318 g/mol. The fraction of sp³-hybridized carbons (Fsp3) is 0.462. The molecular formula is C13H16ClNO4S. The second-order valence-corrected chi connectivity index (χ2v) is 6.91. The summed E-state index contributed by atoms with van der Waals surface area (Å²) in [6, 6.07) is 6.02. The van der Waals surface area contributed by atoms with Gasteiger partial charge < -0.3 is 4.74 Å². The van der Waals surface area contributed by atoms with E-state index >= 15 is 0 Å². The zero-order valence-corrected chi connectivity index (χ0v) is 12.4. The molecule has 20 heavy (non-hydrogen) atoms. The summed E-state index contributed by atoms with van der Waals surface area (Å²) in [5.74, 6) is -0.843. The molecular weight excluding hydrogens is 302 g/mol. The minimum atomic E-state index is -3.70. The molecule has 7 heteroatoms. The Morgan fingerprint density at radius 2 is 2.00 bits per heavy atom. The van der Waals surface area contributed by atoms with Crippen molar-refractivity contribution in [3.63, 3.8) is 0 Å². The largest absolute Gasteiger partial charge is 0.377 e. The number of hydrogen-bond donors (Lipinski definition) is 1. The summed E-state index contributed by atoms with van der Waals surface area (Å²) in [5, 5.41) is 0.486. The van der Waals surface area contributed by atoms with Gasteiger partial charge in [-0.1, -0.05) is 11.6 Å². The van der Waals surface area contributed by atoms with Crippen molar-refractivity contribution in [1.29, 1.82) is 0 Å². The van der Waals surface area contributed by atoms with Crippen LogP contribution in [0.15, 0.2) is 24.3 Å². The van der Waals surface area contributed by atoms with E-state index in [1.54, 1.807) is 0 Å². The smallest absolute Gasteiger partial charge is 0.264 e. The topological polar surface area (TPSA) is 72.5 Å². The van der Waals surface area contributed by atoms with Crippen LogP contribution in [0.1, 0.15) is 29.6 Å². The van der Waals surface area contributed by atoms with E-state index in [4.69, 9.17) is 16.3 Å². The highest BCUT2D eigenvalue weighted by molar-refractivity contribution is 7.90. The molecule has 5 nitrogen and oxygen atoms in total. The third-order valence-corrected chi connectivity index (χ3v) is 4.59. The lowest BCUT2D eigenvalue weighted by molar-refractivity contribution is 0.0304.